The SMILES string of the molecule is CC(C)N(Cc1ccccn1)C(=O)c1cccc(Cl)c1N. The number of nitrogens with zero attached hydrogens (tertiary/aromatic N) is 2. The summed E-state index contributed by atoms with van der Waals surface area (Å²) in [5.41, 5.74) is 7.49. The number of carbonyl (C=O) groups excluding carboxylic acids is 1. The van der Waals surface area contributed by atoms with Gasteiger partial charge < -0.3 is 10.6 Å². The summed E-state index contributed by atoms with van der Waals surface area (Å²) in [5, 5.41) is 0.391. The number of hydrogen-bond acceptors (Lipinski definition) is 3. The number of nitrogens with two attached hydrogens (primary N) is 1. The van der Waals surface area contributed by atoms with Crippen molar-refractivity contribution in [2.45, 2.75) is 26.4 Å². The predicted molar refractivity (Wildman–Crippen MR) is 85.1 cm³/mol. The molecule has 0 saturated heterocycles. The smallest absolute Gasteiger partial charge is 0.256 e. The van der Waals surface area contributed by atoms with E-state index in [2.05, 4.69) is 4.98 Å². The molecule has 2 rings (SSSR count). The maximum Gasteiger partial charge on any atom is 0.256 e. The molecule has 0 radical (unpaired) electrons. The van der Waals surface area contributed by atoms with E-state index < -0.39 is 0 Å². The van der Waals surface area contributed by atoms with E-state index in [4.69, 9.17) is 17.3 Å². The van der Waals surface area contributed by atoms with Gasteiger partial charge in [-0.25, -0.2) is 0 Å². The maximum absolute atomic E-state index is 12.7. The molecule has 0 aliphatic heterocycles. The molecule has 4 nitrogen and oxygen atoms in total. The van der Waals surface area contributed by atoms with Crippen molar-refractivity contribution >= 4 is 23.2 Å². The highest BCUT2D eigenvalue weighted by Crippen LogP contribution is 2.24. The zero-order chi connectivity index (χ0) is 15.4. The summed E-state index contributed by atoms with van der Waals surface area (Å²) < 4.78 is 0. The Kier molecular flexibility index (Phi) is 4.81. The Morgan fingerprint density at radius 3 is 2.67 bits per heavy atom. The van der Waals surface area contributed by atoms with Gasteiger partial charge in [0, 0.05) is 12.2 Å². The second-order valence-corrected chi connectivity index (χ2v) is 5.46. The number of rotatable bonds is 4. The zero-order valence-electron chi connectivity index (χ0n) is 12.1. The van der Waals surface area contributed by atoms with Crippen molar-refractivity contribution in [3.63, 3.8) is 0 Å². The molecule has 1 amide bonds. The summed E-state index contributed by atoms with van der Waals surface area (Å²) in [6.45, 7) is 4.35. The van der Waals surface area contributed by atoms with Crippen LogP contribution >= 0.6 is 11.6 Å². The molecule has 2 aromatic rings. The molecule has 1 aromatic heterocycles. The Morgan fingerprint density at radius 2 is 2.05 bits per heavy atom. The molecule has 0 aliphatic rings. The highest BCUT2D eigenvalue weighted by atomic mass is 35.5. The van der Waals surface area contributed by atoms with E-state index >= 15 is 0 Å². The van der Waals surface area contributed by atoms with E-state index in [1.807, 2.05) is 32.0 Å². The summed E-state index contributed by atoms with van der Waals surface area (Å²) in [4.78, 5) is 18.7. The van der Waals surface area contributed by atoms with E-state index in [1.165, 1.54) is 0 Å². The highest BCUT2D eigenvalue weighted by Gasteiger charge is 2.22. The van der Waals surface area contributed by atoms with E-state index in [0.717, 1.165) is 5.69 Å². The van der Waals surface area contributed by atoms with E-state index in [-0.39, 0.29) is 11.9 Å². The molecular formula is C16H18ClN3O. The number of amides is 1. The van der Waals surface area contributed by atoms with Gasteiger partial charge in [-0.05, 0) is 38.1 Å². The van der Waals surface area contributed by atoms with Crippen LogP contribution in [0.5, 0.6) is 0 Å². The molecule has 0 atom stereocenters. The fourth-order valence-electron chi connectivity index (χ4n) is 2.03. The number of benzene rings is 1. The van der Waals surface area contributed by atoms with Crippen molar-refractivity contribution in [3.05, 3.63) is 58.9 Å². The largest absolute Gasteiger partial charge is 0.397 e. The van der Waals surface area contributed by atoms with Gasteiger partial charge in [0.1, 0.15) is 0 Å². The van der Waals surface area contributed by atoms with E-state index in [1.54, 1.807) is 29.3 Å². The molecule has 1 heterocycles. The lowest BCUT2D eigenvalue weighted by Gasteiger charge is -2.27. The molecule has 5 heteroatoms. The van der Waals surface area contributed by atoms with Crippen molar-refractivity contribution < 1.29 is 4.79 Å². The minimum atomic E-state index is -0.143. The minimum absolute atomic E-state index is 0.0258. The maximum atomic E-state index is 12.7. The Balaban J connectivity index is 2.30. The molecule has 0 unspecified atom stereocenters. The second-order valence-electron chi connectivity index (χ2n) is 5.05. The third-order valence-corrected chi connectivity index (χ3v) is 3.56. The number of nitrogen functional groups attached to an aromatic ring is 1. The first-order chi connectivity index (χ1) is 10.0. The van der Waals surface area contributed by atoms with Crippen LogP contribution in [0.2, 0.25) is 5.02 Å². The molecule has 110 valence electrons. The van der Waals surface area contributed by atoms with Crippen LogP contribution in [-0.4, -0.2) is 21.8 Å². The average molecular weight is 304 g/mol. The highest BCUT2D eigenvalue weighted by molar-refractivity contribution is 6.33. The zero-order valence-corrected chi connectivity index (χ0v) is 12.8. The van der Waals surface area contributed by atoms with Crippen LogP contribution < -0.4 is 5.73 Å². The lowest BCUT2D eigenvalue weighted by molar-refractivity contribution is 0.0689. The molecule has 0 fully saturated rings. The molecule has 1 aromatic carbocycles. The minimum Gasteiger partial charge on any atom is -0.397 e. The number of pyridine rings is 1. The van der Waals surface area contributed by atoms with Crippen molar-refractivity contribution in [3.8, 4) is 0 Å². The Labute approximate surface area is 129 Å². The predicted octanol–water partition coefficient (Wildman–Crippen LogP) is 3.37. The second kappa shape index (κ2) is 6.59. The van der Waals surface area contributed by atoms with Crippen molar-refractivity contribution in [2.75, 3.05) is 5.73 Å². The normalized spacial score (nSPS) is 10.7. The fraction of sp³-hybridized carbons (Fsp3) is 0.250. The van der Waals surface area contributed by atoms with E-state index in [9.17, 15) is 4.79 Å². The van der Waals surface area contributed by atoms with Crippen molar-refractivity contribution in [2.24, 2.45) is 0 Å². The van der Waals surface area contributed by atoms with Gasteiger partial charge in [-0.15, -0.1) is 0 Å². The summed E-state index contributed by atoms with van der Waals surface area (Å²) in [6.07, 6.45) is 1.71. The van der Waals surface area contributed by atoms with Gasteiger partial charge in [0.05, 0.1) is 28.5 Å². The topological polar surface area (TPSA) is 59.2 Å². The first-order valence-electron chi connectivity index (χ1n) is 6.75. The van der Waals surface area contributed by atoms with Crippen LogP contribution in [0.3, 0.4) is 0 Å². The van der Waals surface area contributed by atoms with Crippen LogP contribution in [0.15, 0.2) is 42.6 Å². The first-order valence-corrected chi connectivity index (χ1v) is 7.13. The molecule has 0 bridgehead atoms. The first kappa shape index (κ1) is 15.3. The molecule has 0 saturated carbocycles. The number of para-hydroxylation sites is 1. The number of hydrogen-bond donors (Lipinski definition) is 1. The molecule has 2 N–H and O–H groups in total. The number of aromatic nitrogens is 1. The van der Waals surface area contributed by atoms with Gasteiger partial charge in [0.25, 0.3) is 5.91 Å². The summed E-state index contributed by atoms with van der Waals surface area (Å²) in [5.74, 6) is -0.143. The summed E-state index contributed by atoms with van der Waals surface area (Å²) in [7, 11) is 0. The Hall–Kier alpha value is -2.07. The molecule has 0 spiro atoms. The van der Waals surface area contributed by atoms with Crippen LogP contribution in [0.25, 0.3) is 0 Å². The third kappa shape index (κ3) is 3.52. The fourth-order valence-corrected chi connectivity index (χ4v) is 2.21. The van der Waals surface area contributed by atoms with Gasteiger partial charge in [-0.1, -0.05) is 23.7 Å². The quantitative estimate of drug-likeness (QED) is 0.881. The van der Waals surface area contributed by atoms with Crippen LogP contribution in [0, 0.1) is 0 Å². The van der Waals surface area contributed by atoms with Gasteiger partial charge >= 0.3 is 0 Å². The third-order valence-electron chi connectivity index (χ3n) is 3.23. The van der Waals surface area contributed by atoms with Gasteiger partial charge in [-0.3, -0.25) is 9.78 Å². The van der Waals surface area contributed by atoms with Gasteiger partial charge in [0.2, 0.25) is 0 Å². The standard InChI is InChI=1S/C16H18ClN3O/c1-11(2)20(10-12-6-3-4-9-19-12)16(21)13-7-5-8-14(17)15(13)18/h3-9,11H,10,18H2,1-2H3. The number of anilines is 1. The lowest BCUT2D eigenvalue weighted by atomic mass is 10.1. The van der Waals surface area contributed by atoms with Crippen molar-refractivity contribution in [1.82, 2.24) is 9.88 Å². The van der Waals surface area contributed by atoms with E-state index in [0.29, 0.717) is 22.8 Å². The molecule has 0 aliphatic carbocycles. The summed E-state index contributed by atoms with van der Waals surface area (Å²) >= 11 is 5.99. The molecular weight excluding hydrogens is 286 g/mol. The monoisotopic (exact) mass is 303 g/mol. The van der Waals surface area contributed by atoms with Gasteiger partial charge in [0.15, 0.2) is 0 Å². The van der Waals surface area contributed by atoms with Crippen LogP contribution in [0.1, 0.15) is 29.9 Å². The Morgan fingerprint density at radius 1 is 1.29 bits per heavy atom. The van der Waals surface area contributed by atoms with Gasteiger partial charge in [-0.2, -0.15) is 0 Å². The van der Waals surface area contributed by atoms with Crippen molar-refractivity contribution in [1.29, 1.82) is 0 Å². The van der Waals surface area contributed by atoms with Crippen LogP contribution in [0.4, 0.5) is 5.69 Å². The Bertz CT molecular complexity index is 629. The number of carbonyl (C=O) groups is 1. The molecule has 21 heavy (non-hydrogen) atoms. The summed E-state index contributed by atoms with van der Waals surface area (Å²) in [6, 6.07) is 10.8. The number of halogens is 1. The average Bonchev–Trinajstić information content (AvgIpc) is 2.48. The lowest BCUT2D eigenvalue weighted by Crippen LogP contribution is -2.37. The van der Waals surface area contributed by atoms with Crippen LogP contribution in [-0.2, 0) is 6.54 Å².